The third-order valence-electron chi connectivity index (χ3n) is 3.84. The standard InChI is InChI=1S/C13H17FN3O/c1-8(2)17-13(18)11-9(7-15-17)10-5-3-4-6-16(10)12(11)14/h7-8,10H,3-6H2,1-2H3/q+1. The summed E-state index contributed by atoms with van der Waals surface area (Å²) in [7, 11) is 0. The Bertz CT molecular complexity index is 588. The van der Waals surface area contributed by atoms with Gasteiger partial charge in [-0.3, -0.25) is 4.79 Å². The molecule has 1 saturated heterocycles. The second-order valence-electron chi connectivity index (χ2n) is 5.31. The summed E-state index contributed by atoms with van der Waals surface area (Å²) in [5.74, 6) is -0.350. The zero-order chi connectivity index (χ0) is 12.9. The van der Waals surface area contributed by atoms with Crippen LogP contribution in [0.4, 0.5) is 4.39 Å². The van der Waals surface area contributed by atoms with Gasteiger partial charge in [-0.15, -0.1) is 4.39 Å². The highest BCUT2D eigenvalue weighted by Crippen LogP contribution is 2.34. The third-order valence-corrected chi connectivity index (χ3v) is 3.84. The molecule has 0 bridgehead atoms. The van der Waals surface area contributed by atoms with Crippen LogP contribution in [0.2, 0.25) is 0 Å². The Morgan fingerprint density at radius 1 is 1.50 bits per heavy atom. The van der Waals surface area contributed by atoms with Gasteiger partial charge in [-0.1, -0.05) is 0 Å². The van der Waals surface area contributed by atoms with E-state index in [0.29, 0.717) is 6.54 Å². The molecule has 18 heavy (non-hydrogen) atoms. The highest BCUT2D eigenvalue weighted by Gasteiger charge is 2.43. The molecule has 5 heteroatoms. The van der Waals surface area contributed by atoms with Gasteiger partial charge in [-0.2, -0.15) is 9.67 Å². The molecule has 2 aliphatic rings. The van der Waals surface area contributed by atoms with Gasteiger partial charge in [0.2, 0.25) is 0 Å². The predicted molar refractivity (Wildman–Crippen MR) is 65.8 cm³/mol. The maximum atomic E-state index is 14.4. The lowest BCUT2D eigenvalue weighted by atomic mass is 9.99. The zero-order valence-electron chi connectivity index (χ0n) is 10.7. The topological polar surface area (TPSA) is 37.9 Å². The largest absolute Gasteiger partial charge is 0.368 e. The zero-order valence-corrected chi connectivity index (χ0v) is 10.7. The molecule has 0 aliphatic carbocycles. The summed E-state index contributed by atoms with van der Waals surface area (Å²) in [5, 5.41) is 4.17. The molecule has 2 aliphatic heterocycles. The van der Waals surface area contributed by atoms with Crippen molar-refractivity contribution in [3.63, 3.8) is 0 Å². The molecule has 3 heterocycles. The molecule has 1 fully saturated rings. The molecule has 0 spiro atoms. The number of hydrogen-bond acceptors (Lipinski definition) is 2. The molecule has 1 aromatic heterocycles. The SMILES string of the molecule is CC(C)n1ncc2c(c1=O)C(F)=[N+]1CCCCC21. The average molecular weight is 250 g/mol. The molecule has 0 N–H and O–H groups in total. The number of rotatable bonds is 1. The van der Waals surface area contributed by atoms with Crippen LogP contribution in [0.3, 0.4) is 0 Å². The van der Waals surface area contributed by atoms with Gasteiger partial charge in [0.1, 0.15) is 6.54 Å². The van der Waals surface area contributed by atoms with Gasteiger partial charge in [-0.25, -0.2) is 4.68 Å². The number of hydrogen-bond donors (Lipinski definition) is 0. The average Bonchev–Trinajstić information content (AvgIpc) is 2.65. The summed E-state index contributed by atoms with van der Waals surface area (Å²) in [5.41, 5.74) is 0.717. The molecule has 0 aromatic carbocycles. The van der Waals surface area contributed by atoms with E-state index in [0.717, 1.165) is 24.8 Å². The Morgan fingerprint density at radius 2 is 2.28 bits per heavy atom. The van der Waals surface area contributed by atoms with Crippen molar-refractivity contribution in [1.29, 1.82) is 0 Å². The fraction of sp³-hybridized carbons (Fsp3) is 0.615. The third kappa shape index (κ3) is 1.46. The lowest BCUT2D eigenvalue weighted by Crippen LogP contribution is -2.29. The first kappa shape index (κ1) is 11.6. The van der Waals surface area contributed by atoms with Crippen LogP contribution in [0.1, 0.15) is 56.3 Å². The van der Waals surface area contributed by atoms with Crippen molar-refractivity contribution in [2.45, 2.75) is 45.2 Å². The minimum Gasteiger partial charge on any atom is -0.267 e. The van der Waals surface area contributed by atoms with E-state index in [1.807, 2.05) is 13.8 Å². The fourth-order valence-electron chi connectivity index (χ4n) is 2.94. The summed E-state index contributed by atoms with van der Waals surface area (Å²) in [6, 6.07) is -0.0241. The van der Waals surface area contributed by atoms with Crippen LogP contribution >= 0.6 is 0 Å². The summed E-state index contributed by atoms with van der Waals surface area (Å²) >= 11 is 0. The van der Waals surface area contributed by atoms with Gasteiger partial charge in [0, 0.05) is 12.8 Å². The van der Waals surface area contributed by atoms with Gasteiger partial charge in [0.15, 0.2) is 11.6 Å². The number of nitrogens with zero attached hydrogens (tertiary/aromatic N) is 3. The van der Waals surface area contributed by atoms with Crippen molar-refractivity contribution in [3.8, 4) is 0 Å². The first-order valence-corrected chi connectivity index (χ1v) is 6.52. The van der Waals surface area contributed by atoms with Crippen molar-refractivity contribution in [2.24, 2.45) is 0 Å². The summed E-state index contributed by atoms with van der Waals surface area (Å²) in [4.78, 5) is 12.3. The van der Waals surface area contributed by atoms with Crippen molar-refractivity contribution in [1.82, 2.24) is 9.78 Å². The fourth-order valence-corrected chi connectivity index (χ4v) is 2.94. The van der Waals surface area contributed by atoms with E-state index in [2.05, 4.69) is 5.10 Å². The molecular weight excluding hydrogens is 233 g/mol. The van der Waals surface area contributed by atoms with E-state index < -0.39 is 0 Å². The van der Waals surface area contributed by atoms with Gasteiger partial charge >= 0.3 is 5.97 Å². The van der Waals surface area contributed by atoms with Crippen LogP contribution in [-0.4, -0.2) is 26.9 Å². The summed E-state index contributed by atoms with van der Waals surface area (Å²) in [6.45, 7) is 4.45. The predicted octanol–water partition coefficient (Wildman–Crippen LogP) is 1.79. The molecule has 1 aromatic rings. The molecule has 1 unspecified atom stereocenters. The molecular formula is C13H17FN3O+. The summed E-state index contributed by atoms with van der Waals surface area (Å²) < 4.78 is 17.4. The Balaban J connectivity index is 2.22. The highest BCUT2D eigenvalue weighted by atomic mass is 19.1. The van der Waals surface area contributed by atoms with Crippen molar-refractivity contribution >= 4 is 5.97 Å². The normalized spacial score (nSPS) is 22.3. The van der Waals surface area contributed by atoms with E-state index >= 15 is 0 Å². The lowest BCUT2D eigenvalue weighted by Gasteiger charge is -2.16. The maximum absolute atomic E-state index is 14.4. The quantitative estimate of drug-likeness (QED) is 0.713. The molecule has 3 rings (SSSR count). The van der Waals surface area contributed by atoms with Crippen molar-refractivity contribution in [3.05, 3.63) is 27.7 Å². The molecule has 0 radical (unpaired) electrons. The van der Waals surface area contributed by atoms with E-state index in [-0.39, 0.29) is 29.2 Å². The monoisotopic (exact) mass is 250 g/mol. The first-order valence-electron chi connectivity index (χ1n) is 6.52. The van der Waals surface area contributed by atoms with Gasteiger partial charge in [0.25, 0.3) is 5.56 Å². The Kier molecular flexibility index (Phi) is 2.57. The van der Waals surface area contributed by atoms with Crippen molar-refractivity contribution in [2.75, 3.05) is 6.54 Å². The Hall–Kier alpha value is -1.52. The molecule has 0 amide bonds. The smallest absolute Gasteiger partial charge is 0.267 e. The van der Waals surface area contributed by atoms with E-state index in [4.69, 9.17) is 0 Å². The number of piperidine rings is 1. The number of fused-ring (bicyclic) bond motifs is 3. The minimum atomic E-state index is -0.350. The van der Waals surface area contributed by atoms with Crippen LogP contribution in [0.15, 0.2) is 11.0 Å². The highest BCUT2D eigenvalue weighted by molar-refractivity contribution is 5.92. The second-order valence-corrected chi connectivity index (χ2v) is 5.31. The molecule has 96 valence electrons. The molecule has 1 atom stereocenters. The van der Waals surface area contributed by atoms with Crippen LogP contribution in [0, 0.1) is 0 Å². The number of halogens is 1. The lowest BCUT2D eigenvalue weighted by molar-refractivity contribution is -0.582. The molecule has 4 nitrogen and oxygen atoms in total. The van der Waals surface area contributed by atoms with Gasteiger partial charge in [0.05, 0.1) is 17.8 Å². The van der Waals surface area contributed by atoms with Crippen LogP contribution in [0.5, 0.6) is 0 Å². The van der Waals surface area contributed by atoms with Crippen LogP contribution < -0.4 is 5.56 Å². The van der Waals surface area contributed by atoms with E-state index in [1.165, 1.54) is 4.68 Å². The summed E-state index contributed by atoms with van der Waals surface area (Å²) in [6.07, 6.45) is 4.66. The maximum Gasteiger partial charge on any atom is 0.368 e. The number of aromatic nitrogens is 2. The molecule has 0 saturated carbocycles. The van der Waals surface area contributed by atoms with Crippen LogP contribution in [-0.2, 0) is 0 Å². The minimum absolute atomic E-state index is 0.0239. The van der Waals surface area contributed by atoms with Crippen LogP contribution in [0.25, 0.3) is 0 Å². The first-order chi connectivity index (χ1) is 8.61. The second kappa shape index (κ2) is 4.00. The van der Waals surface area contributed by atoms with Gasteiger partial charge in [-0.05, 0) is 20.3 Å². The van der Waals surface area contributed by atoms with Crippen molar-refractivity contribution < 1.29 is 8.97 Å². The Labute approximate surface area is 105 Å². The Morgan fingerprint density at radius 3 is 3.00 bits per heavy atom. The van der Waals surface area contributed by atoms with E-state index in [9.17, 15) is 9.18 Å². The van der Waals surface area contributed by atoms with Gasteiger partial charge < -0.3 is 0 Å². The van der Waals surface area contributed by atoms with E-state index in [1.54, 1.807) is 10.8 Å².